The van der Waals surface area contributed by atoms with Crippen molar-refractivity contribution in [2.75, 3.05) is 32.6 Å². The summed E-state index contributed by atoms with van der Waals surface area (Å²) in [7, 11) is 3.39. The van der Waals surface area contributed by atoms with Crippen molar-refractivity contribution in [3.05, 3.63) is 47.7 Å². The highest BCUT2D eigenvalue weighted by molar-refractivity contribution is 6.32. The molecule has 0 aliphatic carbocycles. The molecule has 1 N–H and O–H groups in total. The number of rotatable bonds is 8. The SMILES string of the molecule is C[C@H](Oc1cccc2ncnc(Nc3ccc(OCC4CCCO4)c(Cl)c3)c12)C(=O)N(C)C. The second-order valence-electron chi connectivity index (χ2n) is 8.08. The second kappa shape index (κ2) is 10.2. The van der Waals surface area contributed by atoms with E-state index in [-0.39, 0.29) is 12.0 Å². The number of anilines is 2. The maximum absolute atomic E-state index is 12.3. The third kappa shape index (κ3) is 5.46. The van der Waals surface area contributed by atoms with Gasteiger partial charge in [-0.05, 0) is 50.1 Å². The molecule has 1 unspecified atom stereocenters. The van der Waals surface area contributed by atoms with Gasteiger partial charge < -0.3 is 24.4 Å². The molecule has 0 spiro atoms. The average molecular weight is 471 g/mol. The highest BCUT2D eigenvalue weighted by Crippen LogP contribution is 2.34. The van der Waals surface area contributed by atoms with Crippen LogP contribution >= 0.6 is 11.6 Å². The van der Waals surface area contributed by atoms with E-state index in [9.17, 15) is 4.79 Å². The molecule has 1 aromatic heterocycles. The van der Waals surface area contributed by atoms with Gasteiger partial charge in [0.15, 0.2) is 6.10 Å². The number of amides is 1. The summed E-state index contributed by atoms with van der Waals surface area (Å²) >= 11 is 6.46. The molecule has 1 aliphatic heterocycles. The topological polar surface area (TPSA) is 85.8 Å². The number of benzene rings is 2. The molecule has 0 saturated carbocycles. The summed E-state index contributed by atoms with van der Waals surface area (Å²) in [5, 5.41) is 4.45. The number of likely N-dealkylation sites (N-methyl/N-ethyl adjacent to an activating group) is 1. The van der Waals surface area contributed by atoms with Crippen molar-refractivity contribution in [2.45, 2.75) is 32.0 Å². The molecular formula is C24H27ClN4O4. The van der Waals surface area contributed by atoms with Crippen LogP contribution in [0.1, 0.15) is 19.8 Å². The minimum absolute atomic E-state index is 0.117. The highest BCUT2D eigenvalue weighted by Gasteiger charge is 2.20. The van der Waals surface area contributed by atoms with E-state index in [1.807, 2.05) is 24.3 Å². The molecule has 0 bridgehead atoms. The monoisotopic (exact) mass is 470 g/mol. The molecule has 9 heteroatoms. The third-order valence-electron chi connectivity index (χ3n) is 5.36. The fourth-order valence-corrected chi connectivity index (χ4v) is 3.90. The molecule has 174 valence electrons. The van der Waals surface area contributed by atoms with Gasteiger partial charge in [-0.15, -0.1) is 0 Å². The Morgan fingerprint density at radius 1 is 1.27 bits per heavy atom. The Labute approximate surface area is 197 Å². The van der Waals surface area contributed by atoms with E-state index in [0.29, 0.717) is 39.8 Å². The number of nitrogens with zero attached hydrogens (tertiary/aromatic N) is 3. The van der Waals surface area contributed by atoms with Crippen LogP contribution in [-0.2, 0) is 9.53 Å². The van der Waals surface area contributed by atoms with E-state index >= 15 is 0 Å². The van der Waals surface area contributed by atoms with E-state index in [1.165, 1.54) is 11.2 Å². The molecule has 2 atom stereocenters. The van der Waals surface area contributed by atoms with Gasteiger partial charge in [0.25, 0.3) is 5.91 Å². The number of carbonyl (C=O) groups is 1. The van der Waals surface area contributed by atoms with Gasteiger partial charge in [0, 0.05) is 26.4 Å². The number of hydrogen-bond donors (Lipinski definition) is 1. The zero-order chi connectivity index (χ0) is 23.4. The predicted octanol–water partition coefficient (Wildman–Crippen LogP) is 4.44. The van der Waals surface area contributed by atoms with Crippen molar-refractivity contribution in [3.8, 4) is 11.5 Å². The minimum atomic E-state index is -0.659. The normalized spacial score (nSPS) is 16.4. The number of nitrogens with one attached hydrogen (secondary N) is 1. The fraction of sp³-hybridized carbons (Fsp3) is 0.375. The maximum atomic E-state index is 12.3. The lowest BCUT2D eigenvalue weighted by atomic mass is 10.2. The summed E-state index contributed by atoms with van der Waals surface area (Å²) in [6.07, 6.45) is 3.00. The first-order chi connectivity index (χ1) is 15.9. The molecule has 1 saturated heterocycles. The van der Waals surface area contributed by atoms with E-state index in [2.05, 4.69) is 15.3 Å². The molecule has 0 radical (unpaired) electrons. The Balaban J connectivity index is 1.55. The van der Waals surface area contributed by atoms with Gasteiger partial charge in [-0.25, -0.2) is 9.97 Å². The third-order valence-corrected chi connectivity index (χ3v) is 5.66. The van der Waals surface area contributed by atoms with Gasteiger partial charge in [-0.2, -0.15) is 0 Å². The van der Waals surface area contributed by atoms with Crippen molar-refractivity contribution in [1.82, 2.24) is 14.9 Å². The van der Waals surface area contributed by atoms with Crippen LogP contribution in [0.15, 0.2) is 42.7 Å². The molecule has 2 heterocycles. The van der Waals surface area contributed by atoms with Gasteiger partial charge >= 0.3 is 0 Å². The zero-order valence-corrected chi connectivity index (χ0v) is 19.6. The van der Waals surface area contributed by atoms with Crippen LogP contribution in [0, 0.1) is 0 Å². The van der Waals surface area contributed by atoms with E-state index in [4.69, 9.17) is 25.8 Å². The minimum Gasteiger partial charge on any atom is -0.489 e. The summed E-state index contributed by atoms with van der Waals surface area (Å²) in [5.74, 6) is 1.53. The van der Waals surface area contributed by atoms with E-state index in [1.54, 1.807) is 33.2 Å². The Kier molecular flexibility index (Phi) is 7.15. The number of fused-ring (bicyclic) bond motifs is 1. The van der Waals surface area contributed by atoms with Crippen molar-refractivity contribution < 1.29 is 19.0 Å². The summed E-state index contributed by atoms with van der Waals surface area (Å²) in [4.78, 5) is 22.5. The first kappa shape index (κ1) is 23.1. The van der Waals surface area contributed by atoms with Gasteiger partial charge in [0.2, 0.25) is 0 Å². The summed E-state index contributed by atoms with van der Waals surface area (Å²) in [6, 6.07) is 11.0. The molecule has 1 fully saturated rings. The number of carbonyl (C=O) groups excluding carboxylic acids is 1. The molecule has 1 aliphatic rings. The van der Waals surface area contributed by atoms with Crippen molar-refractivity contribution in [1.29, 1.82) is 0 Å². The van der Waals surface area contributed by atoms with Crippen LogP contribution < -0.4 is 14.8 Å². The largest absolute Gasteiger partial charge is 0.489 e. The molecule has 2 aromatic carbocycles. The molecular weight excluding hydrogens is 444 g/mol. The van der Waals surface area contributed by atoms with Gasteiger partial charge in [0.1, 0.15) is 30.3 Å². The van der Waals surface area contributed by atoms with Crippen LogP contribution in [0.25, 0.3) is 10.9 Å². The summed E-state index contributed by atoms with van der Waals surface area (Å²) in [5.41, 5.74) is 1.42. The predicted molar refractivity (Wildman–Crippen MR) is 128 cm³/mol. The smallest absolute Gasteiger partial charge is 0.262 e. The van der Waals surface area contributed by atoms with Gasteiger partial charge in [0.05, 0.1) is 22.0 Å². The van der Waals surface area contributed by atoms with E-state index in [0.717, 1.165) is 25.1 Å². The lowest BCUT2D eigenvalue weighted by molar-refractivity contribution is -0.135. The number of aromatic nitrogens is 2. The van der Waals surface area contributed by atoms with Crippen molar-refractivity contribution >= 4 is 39.9 Å². The zero-order valence-electron chi connectivity index (χ0n) is 18.9. The van der Waals surface area contributed by atoms with Crippen molar-refractivity contribution in [3.63, 3.8) is 0 Å². The Morgan fingerprint density at radius 2 is 2.12 bits per heavy atom. The lowest BCUT2D eigenvalue weighted by Crippen LogP contribution is -2.35. The Hall–Kier alpha value is -3.10. The molecule has 33 heavy (non-hydrogen) atoms. The average Bonchev–Trinajstić information content (AvgIpc) is 3.32. The summed E-state index contributed by atoms with van der Waals surface area (Å²) in [6.45, 7) is 2.98. The molecule has 1 amide bonds. The van der Waals surface area contributed by atoms with Crippen LogP contribution in [0.5, 0.6) is 11.5 Å². The quantitative estimate of drug-likeness (QED) is 0.520. The number of ether oxygens (including phenoxy) is 3. The van der Waals surface area contributed by atoms with Crippen LogP contribution in [-0.4, -0.2) is 60.3 Å². The Morgan fingerprint density at radius 3 is 2.85 bits per heavy atom. The summed E-state index contributed by atoms with van der Waals surface area (Å²) < 4.78 is 17.4. The van der Waals surface area contributed by atoms with Crippen LogP contribution in [0.2, 0.25) is 5.02 Å². The molecule has 8 nitrogen and oxygen atoms in total. The van der Waals surface area contributed by atoms with E-state index < -0.39 is 6.10 Å². The second-order valence-corrected chi connectivity index (χ2v) is 8.49. The highest BCUT2D eigenvalue weighted by atomic mass is 35.5. The molecule has 4 rings (SSSR count). The first-order valence-corrected chi connectivity index (χ1v) is 11.2. The van der Waals surface area contributed by atoms with Crippen LogP contribution in [0.4, 0.5) is 11.5 Å². The molecule has 3 aromatic rings. The van der Waals surface area contributed by atoms with Gasteiger partial charge in [-0.3, -0.25) is 4.79 Å². The Bertz CT molecular complexity index is 1130. The fourth-order valence-electron chi connectivity index (χ4n) is 3.67. The number of hydrogen-bond acceptors (Lipinski definition) is 7. The maximum Gasteiger partial charge on any atom is 0.262 e. The number of halogens is 1. The van der Waals surface area contributed by atoms with Crippen molar-refractivity contribution in [2.24, 2.45) is 0 Å². The lowest BCUT2D eigenvalue weighted by Gasteiger charge is -2.20. The first-order valence-electron chi connectivity index (χ1n) is 10.8. The standard InChI is InChI=1S/C24H27ClN4O4/c1-15(24(30)29(2)3)33-21-8-4-7-19-22(21)23(27-14-26-19)28-16-9-10-20(18(25)12-16)32-13-17-6-5-11-31-17/h4,7-10,12,14-15,17H,5-6,11,13H2,1-3H3,(H,26,27,28)/t15-,17?/m0/s1. The van der Waals surface area contributed by atoms with Gasteiger partial charge in [-0.1, -0.05) is 17.7 Å². The van der Waals surface area contributed by atoms with Crippen LogP contribution in [0.3, 0.4) is 0 Å².